The largest absolute Gasteiger partial charge is 0.455 e. The standard InChI is InChI=1S/C21H18N8O3/c1-26-7-8-28(21(26)31)14-3-5-16(6-4-14)32-18-10-15(9-13-11-24-27(2)19(13)18)29-17(20(22)30)12-23-25-29/h3-12H,1-2H3,(H2,22,30). The molecule has 0 saturated heterocycles. The van der Waals surface area contributed by atoms with Gasteiger partial charge in [-0.3, -0.25) is 14.0 Å². The molecule has 0 aliphatic heterocycles. The summed E-state index contributed by atoms with van der Waals surface area (Å²) in [5, 5.41) is 12.9. The number of carbonyl (C=O) groups excluding carboxylic acids is 1. The summed E-state index contributed by atoms with van der Waals surface area (Å²) in [5.41, 5.74) is 7.48. The maximum atomic E-state index is 12.2. The first kappa shape index (κ1) is 19.3. The first-order valence-corrected chi connectivity index (χ1v) is 9.61. The number of nitrogens with zero attached hydrogens (tertiary/aromatic N) is 7. The van der Waals surface area contributed by atoms with Crippen LogP contribution in [0, 0.1) is 0 Å². The molecule has 2 aromatic carbocycles. The highest BCUT2D eigenvalue weighted by Crippen LogP contribution is 2.33. The first-order chi connectivity index (χ1) is 15.4. The topological polar surface area (TPSA) is 128 Å². The van der Waals surface area contributed by atoms with E-state index < -0.39 is 5.91 Å². The molecular weight excluding hydrogens is 412 g/mol. The molecule has 0 atom stereocenters. The molecule has 0 aliphatic rings. The van der Waals surface area contributed by atoms with Crippen LogP contribution in [0.5, 0.6) is 11.5 Å². The van der Waals surface area contributed by atoms with Gasteiger partial charge in [-0.05, 0) is 30.3 Å². The van der Waals surface area contributed by atoms with Gasteiger partial charge in [0.2, 0.25) is 0 Å². The normalized spacial score (nSPS) is 11.2. The Morgan fingerprint density at radius 2 is 1.81 bits per heavy atom. The smallest absolute Gasteiger partial charge is 0.332 e. The molecule has 0 unspecified atom stereocenters. The fourth-order valence-corrected chi connectivity index (χ4v) is 3.52. The van der Waals surface area contributed by atoms with Gasteiger partial charge in [-0.25, -0.2) is 9.48 Å². The molecule has 5 aromatic rings. The first-order valence-electron chi connectivity index (χ1n) is 9.61. The number of hydrogen-bond acceptors (Lipinski definition) is 6. The minimum atomic E-state index is -0.643. The molecule has 160 valence electrons. The van der Waals surface area contributed by atoms with Crippen molar-refractivity contribution >= 4 is 16.8 Å². The lowest BCUT2D eigenvalue weighted by Crippen LogP contribution is -2.20. The van der Waals surface area contributed by atoms with E-state index in [1.165, 1.54) is 15.4 Å². The molecule has 0 aliphatic carbocycles. The molecule has 32 heavy (non-hydrogen) atoms. The Labute approximate surface area is 180 Å². The van der Waals surface area contributed by atoms with Gasteiger partial charge in [-0.1, -0.05) is 5.21 Å². The Balaban J connectivity index is 1.56. The molecule has 0 saturated carbocycles. The summed E-state index contributed by atoms with van der Waals surface area (Å²) in [6.45, 7) is 0. The molecule has 0 bridgehead atoms. The number of rotatable bonds is 5. The molecule has 2 N–H and O–H groups in total. The molecule has 0 fully saturated rings. The van der Waals surface area contributed by atoms with Crippen LogP contribution in [0.25, 0.3) is 22.3 Å². The summed E-state index contributed by atoms with van der Waals surface area (Å²) in [5.74, 6) is 0.426. The second-order valence-electron chi connectivity index (χ2n) is 7.20. The van der Waals surface area contributed by atoms with E-state index in [1.54, 1.807) is 65.2 Å². The zero-order valence-corrected chi connectivity index (χ0v) is 17.2. The number of carbonyl (C=O) groups is 1. The molecular formula is C21H18N8O3. The van der Waals surface area contributed by atoms with Crippen molar-refractivity contribution in [2.75, 3.05) is 0 Å². The van der Waals surface area contributed by atoms with Crippen LogP contribution in [0.3, 0.4) is 0 Å². The zero-order chi connectivity index (χ0) is 22.4. The van der Waals surface area contributed by atoms with Crippen LogP contribution in [-0.2, 0) is 14.1 Å². The summed E-state index contributed by atoms with van der Waals surface area (Å²) in [6, 6.07) is 10.7. The van der Waals surface area contributed by atoms with E-state index in [2.05, 4.69) is 15.4 Å². The van der Waals surface area contributed by atoms with Crippen LogP contribution in [-0.4, -0.2) is 39.8 Å². The Morgan fingerprint density at radius 3 is 2.50 bits per heavy atom. The van der Waals surface area contributed by atoms with E-state index in [9.17, 15) is 9.59 Å². The highest BCUT2D eigenvalue weighted by Gasteiger charge is 2.16. The lowest BCUT2D eigenvalue weighted by atomic mass is 10.2. The zero-order valence-electron chi connectivity index (χ0n) is 17.2. The van der Waals surface area contributed by atoms with Crippen molar-refractivity contribution in [1.29, 1.82) is 0 Å². The molecule has 5 rings (SSSR count). The second-order valence-corrected chi connectivity index (χ2v) is 7.20. The van der Waals surface area contributed by atoms with Gasteiger partial charge in [-0.2, -0.15) is 5.10 Å². The molecule has 11 heteroatoms. The predicted molar refractivity (Wildman–Crippen MR) is 115 cm³/mol. The van der Waals surface area contributed by atoms with Gasteiger partial charge in [0.1, 0.15) is 11.3 Å². The summed E-state index contributed by atoms with van der Waals surface area (Å²) in [4.78, 5) is 23.9. The molecule has 1 amide bonds. The third-order valence-electron chi connectivity index (χ3n) is 5.12. The van der Waals surface area contributed by atoms with Gasteiger partial charge in [0.15, 0.2) is 11.4 Å². The molecule has 3 aromatic heterocycles. The SMILES string of the molecule is Cn1ccn(-c2ccc(Oc3cc(-n4nncc4C(N)=O)cc4cnn(C)c34)cc2)c1=O. The maximum absolute atomic E-state index is 12.2. The monoisotopic (exact) mass is 430 g/mol. The Morgan fingerprint density at radius 1 is 1.03 bits per heavy atom. The maximum Gasteiger partial charge on any atom is 0.332 e. The predicted octanol–water partition coefficient (Wildman–Crippen LogP) is 1.53. The Hall–Kier alpha value is -4.67. The van der Waals surface area contributed by atoms with Crippen molar-refractivity contribution in [3.63, 3.8) is 0 Å². The fraction of sp³-hybridized carbons (Fsp3) is 0.0952. The van der Waals surface area contributed by atoms with Gasteiger partial charge in [0.05, 0.1) is 23.8 Å². The van der Waals surface area contributed by atoms with E-state index >= 15 is 0 Å². The van der Waals surface area contributed by atoms with E-state index in [1.807, 2.05) is 13.1 Å². The van der Waals surface area contributed by atoms with E-state index in [0.29, 0.717) is 17.2 Å². The van der Waals surface area contributed by atoms with Crippen molar-refractivity contribution in [2.45, 2.75) is 0 Å². The molecule has 3 heterocycles. The van der Waals surface area contributed by atoms with Crippen molar-refractivity contribution in [2.24, 2.45) is 19.8 Å². The second kappa shape index (κ2) is 7.23. The van der Waals surface area contributed by atoms with E-state index in [4.69, 9.17) is 10.5 Å². The van der Waals surface area contributed by atoms with Gasteiger partial charge in [-0.15, -0.1) is 5.10 Å². The lowest BCUT2D eigenvalue weighted by Gasteiger charge is -2.12. The lowest BCUT2D eigenvalue weighted by molar-refractivity contribution is 0.0993. The number of fused-ring (bicyclic) bond motifs is 1. The fourth-order valence-electron chi connectivity index (χ4n) is 3.52. The summed E-state index contributed by atoms with van der Waals surface area (Å²) in [6.07, 6.45) is 6.40. The number of ether oxygens (including phenoxy) is 1. The molecule has 11 nitrogen and oxygen atoms in total. The van der Waals surface area contributed by atoms with Gasteiger partial charge < -0.3 is 15.0 Å². The van der Waals surface area contributed by atoms with E-state index in [-0.39, 0.29) is 11.4 Å². The van der Waals surface area contributed by atoms with Gasteiger partial charge in [0, 0.05) is 37.9 Å². The third-order valence-corrected chi connectivity index (χ3v) is 5.12. The number of amides is 1. The molecule has 0 radical (unpaired) electrons. The average molecular weight is 430 g/mol. The number of aryl methyl sites for hydroxylation is 2. The highest BCUT2D eigenvalue weighted by atomic mass is 16.5. The Bertz CT molecular complexity index is 1520. The van der Waals surface area contributed by atoms with Gasteiger partial charge in [0.25, 0.3) is 5.91 Å². The highest BCUT2D eigenvalue weighted by molar-refractivity contribution is 5.92. The minimum Gasteiger partial charge on any atom is -0.455 e. The van der Waals surface area contributed by atoms with Crippen LogP contribution < -0.4 is 16.2 Å². The summed E-state index contributed by atoms with van der Waals surface area (Å²) >= 11 is 0. The van der Waals surface area contributed by atoms with E-state index in [0.717, 1.165) is 16.6 Å². The third kappa shape index (κ3) is 3.12. The van der Waals surface area contributed by atoms with Crippen molar-refractivity contribution in [3.05, 3.63) is 77.4 Å². The summed E-state index contributed by atoms with van der Waals surface area (Å²) < 4.78 is 12.3. The van der Waals surface area contributed by atoms with Crippen LogP contribution >= 0.6 is 0 Å². The van der Waals surface area contributed by atoms with Crippen LogP contribution in [0.15, 0.2) is 66.0 Å². The van der Waals surface area contributed by atoms with Crippen LogP contribution in [0.2, 0.25) is 0 Å². The number of hydrogen-bond donors (Lipinski definition) is 1. The van der Waals surface area contributed by atoms with Crippen molar-refractivity contribution in [1.82, 2.24) is 33.9 Å². The van der Waals surface area contributed by atoms with Crippen molar-refractivity contribution in [3.8, 4) is 22.9 Å². The van der Waals surface area contributed by atoms with Crippen LogP contribution in [0.4, 0.5) is 0 Å². The average Bonchev–Trinajstić information content (AvgIpc) is 3.49. The quantitative estimate of drug-likeness (QED) is 0.450. The number of imidazole rings is 1. The number of nitrogens with two attached hydrogens (primary N) is 1. The summed E-state index contributed by atoms with van der Waals surface area (Å²) in [7, 11) is 3.51. The van der Waals surface area contributed by atoms with Crippen molar-refractivity contribution < 1.29 is 9.53 Å². The Kier molecular flexibility index (Phi) is 4.36. The molecule has 0 spiro atoms. The number of benzene rings is 2. The minimum absolute atomic E-state index is 0.138. The number of aromatic nitrogens is 7. The number of primary amides is 1. The van der Waals surface area contributed by atoms with Crippen LogP contribution in [0.1, 0.15) is 10.5 Å². The van der Waals surface area contributed by atoms with Gasteiger partial charge >= 0.3 is 5.69 Å².